The Labute approximate surface area is 213 Å². The summed E-state index contributed by atoms with van der Waals surface area (Å²) in [6.07, 6.45) is 5.61. The first kappa shape index (κ1) is 26.6. The summed E-state index contributed by atoms with van der Waals surface area (Å²) >= 11 is 0. The van der Waals surface area contributed by atoms with Crippen molar-refractivity contribution < 1.29 is 26.4 Å². The van der Waals surface area contributed by atoms with Gasteiger partial charge in [-0.25, -0.2) is 16.8 Å². The fourth-order valence-corrected chi connectivity index (χ4v) is 7.43. The van der Waals surface area contributed by atoms with Crippen LogP contribution in [0.1, 0.15) is 44.1 Å². The molecule has 0 saturated carbocycles. The summed E-state index contributed by atoms with van der Waals surface area (Å²) in [5.41, 5.74) is 0.770. The predicted octanol–water partition coefficient (Wildman–Crippen LogP) is 2.73. The molecule has 2 aromatic carbocycles. The molecule has 1 N–H and O–H groups in total. The summed E-state index contributed by atoms with van der Waals surface area (Å²) < 4.78 is 59.5. The fraction of sp³-hybridized carbons (Fsp3) is 0.480. The zero-order valence-electron chi connectivity index (χ0n) is 20.3. The van der Waals surface area contributed by atoms with Crippen LogP contribution in [0, 0.1) is 0 Å². The van der Waals surface area contributed by atoms with E-state index in [1.54, 1.807) is 36.4 Å². The van der Waals surface area contributed by atoms with Gasteiger partial charge in [-0.15, -0.1) is 0 Å². The number of nitrogens with one attached hydrogen (secondary N) is 1. The Morgan fingerprint density at radius 1 is 0.694 bits per heavy atom. The van der Waals surface area contributed by atoms with Crippen LogP contribution in [0.5, 0.6) is 5.75 Å². The van der Waals surface area contributed by atoms with E-state index in [1.807, 2.05) is 0 Å². The van der Waals surface area contributed by atoms with E-state index >= 15 is 0 Å². The van der Waals surface area contributed by atoms with Crippen molar-refractivity contribution in [2.75, 3.05) is 32.8 Å². The van der Waals surface area contributed by atoms with Crippen LogP contribution < -0.4 is 10.1 Å². The maximum absolute atomic E-state index is 12.9. The largest absolute Gasteiger partial charge is 0.484 e. The fourth-order valence-electron chi connectivity index (χ4n) is 4.40. The highest BCUT2D eigenvalue weighted by Crippen LogP contribution is 2.23. The summed E-state index contributed by atoms with van der Waals surface area (Å²) in [5, 5.41) is 2.74. The summed E-state index contributed by atoms with van der Waals surface area (Å²) in [7, 11) is -6.99. The zero-order chi connectivity index (χ0) is 25.6. The van der Waals surface area contributed by atoms with Crippen molar-refractivity contribution in [3.8, 4) is 5.75 Å². The Hall–Kier alpha value is -2.47. The SMILES string of the molecule is O=C(COc1ccc(S(=O)(=O)N2CCCCCC2)cc1)NCc1ccc(S(=O)(=O)N2CCCC2)cc1. The molecule has 0 radical (unpaired) electrons. The highest BCUT2D eigenvalue weighted by molar-refractivity contribution is 7.89. The molecule has 0 atom stereocenters. The maximum Gasteiger partial charge on any atom is 0.258 e. The number of amides is 1. The van der Waals surface area contributed by atoms with Gasteiger partial charge in [0.05, 0.1) is 9.79 Å². The van der Waals surface area contributed by atoms with E-state index in [9.17, 15) is 21.6 Å². The summed E-state index contributed by atoms with van der Waals surface area (Å²) in [6, 6.07) is 12.6. The van der Waals surface area contributed by atoms with Gasteiger partial charge in [0.2, 0.25) is 20.0 Å². The van der Waals surface area contributed by atoms with Gasteiger partial charge in [0, 0.05) is 32.7 Å². The van der Waals surface area contributed by atoms with Crippen LogP contribution in [-0.4, -0.2) is 64.1 Å². The summed E-state index contributed by atoms with van der Waals surface area (Å²) in [5.74, 6) is 0.0569. The molecule has 2 fully saturated rings. The van der Waals surface area contributed by atoms with Crippen molar-refractivity contribution >= 4 is 26.0 Å². The van der Waals surface area contributed by atoms with Crippen LogP contribution >= 0.6 is 0 Å². The molecular formula is C25H33N3O6S2. The average molecular weight is 536 g/mol. The van der Waals surface area contributed by atoms with Crippen molar-refractivity contribution in [3.05, 3.63) is 54.1 Å². The van der Waals surface area contributed by atoms with Crippen LogP contribution in [0.25, 0.3) is 0 Å². The summed E-state index contributed by atoms with van der Waals surface area (Å²) in [6.45, 7) is 2.20. The van der Waals surface area contributed by atoms with Crippen LogP contribution in [0.15, 0.2) is 58.3 Å². The minimum Gasteiger partial charge on any atom is -0.484 e. The third-order valence-corrected chi connectivity index (χ3v) is 10.3. The van der Waals surface area contributed by atoms with E-state index in [0.29, 0.717) is 31.9 Å². The van der Waals surface area contributed by atoms with Crippen molar-refractivity contribution in [2.45, 2.75) is 54.9 Å². The zero-order valence-corrected chi connectivity index (χ0v) is 21.9. The number of benzene rings is 2. The molecule has 2 aromatic rings. The Kier molecular flexibility index (Phi) is 8.66. The number of rotatable bonds is 9. The predicted molar refractivity (Wildman–Crippen MR) is 135 cm³/mol. The third-order valence-electron chi connectivity index (χ3n) is 6.51. The second-order valence-electron chi connectivity index (χ2n) is 9.11. The average Bonchev–Trinajstić information content (AvgIpc) is 3.30. The van der Waals surface area contributed by atoms with Crippen LogP contribution in [-0.2, 0) is 31.4 Å². The molecule has 1 amide bonds. The lowest BCUT2D eigenvalue weighted by molar-refractivity contribution is -0.123. The van der Waals surface area contributed by atoms with Gasteiger partial charge in [-0.1, -0.05) is 25.0 Å². The summed E-state index contributed by atoms with van der Waals surface area (Å²) in [4.78, 5) is 12.7. The lowest BCUT2D eigenvalue weighted by atomic mass is 10.2. The molecule has 2 saturated heterocycles. The molecule has 2 aliphatic heterocycles. The third kappa shape index (κ3) is 6.44. The second-order valence-corrected chi connectivity index (χ2v) is 13.0. The molecule has 0 unspecified atom stereocenters. The molecule has 0 aliphatic carbocycles. The van der Waals surface area contributed by atoms with E-state index in [1.165, 1.54) is 20.7 Å². The normalized spacial score (nSPS) is 18.0. The lowest BCUT2D eigenvalue weighted by Gasteiger charge is -2.20. The van der Waals surface area contributed by atoms with Crippen molar-refractivity contribution in [1.82, 2.24) is 13.9 Å². The molecule has 0 aromatic heterocycles. The number of hydrogen-bond acceptors (Lipinski definition) is 6. The van der Waals surface area contributed by atoms with Gasteiger partial charge >= 0.3 is 0 Å². The highest BCUT2D eigenvalue weighted by Gasteiger charge is 2.27. The minimum absolute atomic E-state index is 0.219. The first-order valence-corrected chi connectivity index (χ1v) is 15.2. The standard InChI is InChI=1S/C25H33N3O6S2/c29-25(26-19-21-7-11-23(12-8-21)35(30,31)28-17-5-6-18-28)20-34-22-9-13-24(14-10-22)36(32,33)27-15-3-1-2-4-16-27/h7-14H,1-6,15-20H2,(H,26,29). The number of ether oxygens (including phenoxy) is 1. The Morgan fingerprint density at radius 2 is 1.14 bits per heavy atom. The number of hydrogen-bond donors (Lipinski definition) is 1. The molecule has 9 nitrogen and oxygen atoms in total. The van der Waals surface area contributed by atoms with Crippen molar-refractivity contribution in [3.63, 3.8) is 0 Å². The monoisotopic (exact) mass is 535 g/mol. The van der Waals surface area contributed by atoms with Gasteiger partial charge in [-0.3, -0.25) is 4.79 Å². The Bertz CT molecular complexity index is 1230. The highest BCUT2D eigenvalue weighted by atomic mass is 32.2. The Balaban J connectivity index is 1.25. The van der Waals surface area contributed by atoms with Gasteiger partial charge in [0.15, 0.2) is 6.61 Å². The number of sulfonamides is 2. The lowest BCUT2D eigenvalue weighted by Crippen LogP contribution is -2.31. The maximum atomic E-state index is 12.9. The van der Waals surface area contributed by atoms with E-state index in [2.05, 4.69) is 5.32 Å². The molecular weight excluding hydrogens is 502 g/mol. The smallest absolute Gasteiger partial charge is 0.258 e. The molecule has 196 valence electrons. The quantitative estimate of drug-likeness (QED) is 0.528. The first-order valence-electron chi connectivity index (χ1n) is 12.4. The number of carbonyl (C=O) groups excluding carboxylic acids is 1. The Morgan fingerprint density at radius 3 is 1.64 bits per heavy atom. The van der Waals surface area contributed by atoms with E-state index in [0.717, 1.165) is 44.1 Å². The molecule has 36 heavy (non-hydrogen) atoms. The number of nitrogens with zero attached hydrogens (tertiary/aromatic N) is 2. The minimum atomic E-state index is -3.53. The number of carbonyl (C=O) groups is 1. The molecule has 4 rings (SSSR count). The molecule has 2 aliphatic rings. The van der Waals surface area contributed by atoms with Crippen LogP contribution in [0.2, 0.25) is 0 Å². The van der Waals surface area contributed by atoms with E-state index in [4.69, 9.17) is 4.74 Å². The van der Waals surface area contributed by atoms with Gasteiger partial charge < -0.3 is 10.1 Å². The van der Waals surface area contributed by atoms with Gasteiger partial charge in [0.1, 0.15) is 5.75 Å². The van der Waals surface area contributed by atoms with Gasteiger partial charge in [0.25, 0.3) is 5.91 Å². The van der Waals surface area contributed by atoms with Crippen molar-refractivity contribution in [2.24, 2.45) is 0 Å². The van der Waals surface area contributed by atoms with Crippen LogP contribution in [0.4, 0.5) is 0 Å². The molecule has 11 heteroatoms. The molecule has 2 heterocycles. The van der Waals surface area contributed by atoms with Gasteiger partial charge in [-0.2, -0.15) is 8.61 Å². The second kappa shape index (κ2) is 11.7. The topological polar surface area (TPSA) is 113 Å². The van der Waals surface area contributed by atoms with E-state index in [-0.39, 0.29) is 28.8 Å². The van der Waals surface area contributed by atoms with E-state index < -0.39 is 20.0 Å². The first-order chi connectivity index (χ1) is 17.3. The van der Waals surface area contributed by atoms with Crippen molar-refractivity contribution in [1.29, 1.82) is 0 Å². The molecule has 0 spiro atoms. The van der Waals surface area contributed by atoms with Gasteiger partial charge in [-0.05, 0) is 67.6 Å². The molecule has 0 bridgehead atoms. The van der Waals surface area contributed by atoms with Crippen LogP contribution in [0.3, 0.4) is 0 Å².